The summed E-state index contributed by atoms with van der Waals surface area (Å²) in [5.74, 6) is -1.55. The van der Waals surface area contributed by atoms with Crippen molar-refractivity contribution in [2.75, 3.05) is 34.3 Å². The molecule has 0 aromatic carbocycles. The third kappa shape index (κ3) is 2.05. The summed E-state index contributed by atoms with van der Waals surface area (Å²) in [4.78, 5) is 48.2. The number of likely N-dealkylation sites (tertiary alicyclic amines) is 1. The van der Waals surface area contributed by atoms with Crippen LogP contribution in [0.1, 0.15) is 26.7 Å². The lowest BCUT2D eigenvalue weighted by Gasteiger charge is -2.39. The fourth-order valence-electron chi connectivity index (χ4n) is 4.74. The summed E-state index contributed by atoms with van der Waals surface area (Å²) >= 11 is 0. The van der Waals surface area contributed by atoms with E-state index in [2.05, 4.69) is 4.99 Å². The van der Waals surface area contributed by atoms with Crippen LogP contribution in [0.15, 0.2) is 4.99 Å². The van der Waals surface area contributed by atoms with Crippen molar-refractivity contribution in [2.45, 2.75) is 38.3 Å². The van der Waals surface area contributed by atoms with E-state index in [-0.39, 0.29) is 17.9 Å². The summed E-state index contributed by atoms with van der Waals surface area (Å²) in [5, 5.41) is 0. The topological polar surface area (TPSA) is 82.5 Å². The lowest BCUT2D eigenvalue weighted by molar-refractivity contribution is -0.158. The molecular weight excluding hydrogens is 324 g/mol. The number of fused-ring (bicyclic) bond motifs is 3. The first-order valence-corrected chi connectivity index (χ1v) is 8.81. The summed E-state index contributed by atoms with van der Waals surface area (Å²) in [6.07, 6.45) is 1.25. The summed E-state index contributed by atoms with van der Waals surface area (Å²) in [6, 6.07) is -0.244. The van der Waals surface area contributed by atoms with Crippen LogP contribution in [0.25, 0.3) is 0 Å². The van der Waals surface area contributed by atoms with Crippen LogP contribution < -0.4 is 0 Å². The van der Waals surface area contributed by atoms with Crippen molar-refractivity contribution in [1.82, 2.24) is 14.7 Å². The van der Waals surface area contributed by atoms with Gasteiger partial charge in [-0.1, -0.05) is 13.8 Å². The number of methoxy groups -OCH3 is 1. The lowest BCUT2D eigenvalue weighted by Crippen LogP contribution is -2.59. The first-order valence-electron chi connectivity index (χ1n) is 8.81. The molecule has 138 valence electrons. The Hall–Kier alpha value is -2.12. The van der Waals surface area contributed by atoms with Crippen LogP contribution in [0.4, 0.5) is 0 Å². The smallest absolute Gasteiger partial charge is 0.332 e. The number of imide groups is 1. The van der Waals surface area contributed by atoms with E-state index >= 15 is 0 Å². The van der Waals surface area contributed by atoms with E-state index in [1.165, 1.54) is 19.1 Å². The molecule has 0 unspecified atom stereocenters. The highest BCUT2D eigenvalue weighted by Crippen LogP contribution is 2.53. The fourth-order valence-corrected chi connectivity index (χ4v) is 4.74. The number of amides is 2. The minimum absolute atomic E-state index is 0.214. The zero-order valence-corrected chi connectivity index (χ0v) is 15.5. The minimum atomic E-state index is -1.18. The van der Waals surface area contributed by atoms with E-state index in [1.54, 1.807) is 0 Å². The number of nitrogens with zero attached hydrogens (tertiary/aromatic N) is 4. The number of guanidine groups is 1. The number of esters is 1. The fraction of sp³-hybridized carbons (Fsp3) is 0.765. The van der Waals surface area contributed by atoms with Gasteiger partial charge in [0.25, 0.3) is 0 Å². The zero-order valence-electron chi connectivity index (χ0n) is 15.5. The number of likely N-dealkylation sites (N-methyl/N-ethyl adjacent to an activating group) is 1. The molecule has 0 radical (unpaired) electrons. The van der Waals surface area contributed by atoms with Gasteiger partial charge in [0.2, 0.25) is 11.8 Å². The number of carbonyl (C=O) groups is 3. The van der Waals surface area contributed by atoms with Gasteiger partial charge >= 0.3 is 5.97 Å². The van der Waals surface area contributed by atoms with Crippen LogP contribution >= 0.6 is 0 Å². The van der Waals surface area contributed by atoms with Crippen LogP contribution in [0.5, 0.6) is 0 Å². The van der Waals surface area contributed by atoms with Gasteiger partial charge in [0.05, 0.1) is 25.0 Å². The molecule has 0 saturated carbocycles. The van der Waals surface area contributed by atoms with Gasteiger partial charge in [-0.2, -0.15) is 0 Å². The Balaban J connectivity index is 2.19. The number of hydrogen-bond donors (Lipinski definition) is 0. The zero-order chi connectivity index (χ0) is 18.5. The van der Waals surface area contributed by atoms with E-state index in [0.29, 0.717) is 25.5 Å². The number of hydrogen-bond acceptors (Lipinski definition) is 5. The maximum Gasteiger partial charge on any atom is 0.332 e. The first kappa shape index (κ1) is 17.7. The Morgan fingerprint density at radius 3 is 2.52 bits per heavy atom. The highest BCUT2D eigenvalue weighted by molar-refractivity contribution is 6.11. The molecule has 8 heteroatoms. The lowest BCUT2D eigenvalue weighted by atomic mass is 9.78. The van der Waals surface area contributed by atoms with E-state index in [4.69, 9.17) is 4.74 Å². The second-order valence-electron chi connectivity index (χ2n) is 7.01. The molecule has 8 nitrogen and oxygen atoms in total. The Morgan fingerprint density at radius 2 is 1.96 bits per heavy atom. The molecule has 3 rings (SSSR count). The van der Waals surface area contributed by atoms with Crippen molar-refractivity contribution in [3.05, 3.63) is 0 Å². The highest BCUT2D eigenvalue weighted by Gasteiger charge is 2.73. The third-order valence-electron chi connectivity index (χ3n) is 5.83. The van der Waals surface area contributed by atoms with Crippen molar-refractivity contribution in [3.63, 3.8) is 0 Å². The van der Waals surface area contributed by atoms with Gasteiger partial charge in [0.1, 0.15) is 0 Å². The highest BCUT2D eigenvalue weighted by atomic mass is 16.5. The summed E-state index contributed by atoms with van der Waals surface area (Å²) in [7, 11) is 4.73. The van der Waals surface area contributed by atoms with Gasteiger partial charge in [-0.3, -0.25) is 19.5 Å². The average molecular weight is 350 g/mol. The number of carbonyl (C=O) groups excluding carboxylic acids is 3. The van der Waals surface area contributed by atoms with Gasteiger partial charge < -0.3 is 14.5 Å². The largest absolute Gasteiger partial charge is 0.467 e. The minimum Gasteiger partial charge on any atom is -0.467 e. The maximum atomic E-state index is 12.9. The van der Waals surface area contributed by atoms with Crippen molar-refractivity contribution >= 4 is 23.7 Å². The Labute approximate surface area is 147 Å². The van der Waals surface area contributed by atoms with Gasteiger partial charge in [0.15, 0.2) is 11.5 Å². The van der Waals surface area contributed by atoms with Gasteiger partial charge in [-0.15, -0.1) is 0 Å². The van der Waals surface area contributed by atoms with Crippen molar-refractivity contribution < 1.29 is 19.1 Å². The molecule has 0 N–H and O–H groups in total. The number of rotatable bonds is 4. The molecule has 25 heavy (non-hydrogen) atoms. The predicted octanol–water partition coefficient (Wildman–Crippen LogP) is -0.0652. The molecule has 3 saturated heterocycles. The molecule has 0 bridgehead atoms. The van der Waals surface area contributed by atoms with Gasteiger partial charge in [-0.05, 0) is 12.8 Å². The molecule has 4 atom stereocenters. The Kier molecular flexibility index (Phi) is 4.25. The molecule has 3 aliphatic heterocycles. The quantitative estimate of drug-likeness (QED) is 0.522. The predicted molar refractivity (Wildman–Crippen MR) is 90.6 cm³/mol. The van der Waals surface area contributed by atoms with E-state index in [9.17, 15) is 14.4 Å². The van der Waals surface area contributed by atoms with Crippen molar-refractivity contribution in [2.24, 2.45) is 16.8 Å². The molecule has 3 fully saturated rings. The van der Waals surface area contributed by atoms with Crippen LogP contribution in [0.3, 0.4) is 0 Å². The standard InChI is InChI=1S/C17H26N4O4/c1-6-8-18-16-19(3)9-10-11-12(14(23)20(4)13(11)22)17(7-2,21(10)16)15(24)25-5/h10-12H,6-9H2,1-5H3/t10-,11+,12-,17-/m1/s1. The van der Waals surface area contributed by atoms with Crippen molar-refractivity contribution in [3.8, 4) is 0 Å². The number of ether oxygens (including phenoxy) is 1. The normalized spacial score (nSPS) is 35.6. The molecular formula is C17H26N4O4. The summed E-state index contributed by atoms with van der Waals surface area (Å²) in [5.41, 5.74) is -1.18. The second-order valence-corrected chi connectivity index (χ2v) is 7.01. The van der Waals surface area contributed by atoms with Gasteiger partial charge in [0, 0.05) is 27.2 Å². The van der Waals surface area contributed by atoms with E-state index in [1.807, 2.05) is 30.7 Å². The monoisotopic (exact) mass is 350 g/mol. The molecule has 2 amide bonds. The molecule has 0 spiro atoms. The Morgan fingerprint density at radius 1 is 1.28 bits per heavy atom. The maximum absolute atomic E-state index is 12.9. The SMILES string of the molecule is CCCN=C1N(C)C[C@@H]2[C@@H]3C(=O)N(C)C(=O)[C@@H]3[C@](CC)(C(=O)OC)N12. The van der Waals surface area contributed by atoms with Crippen LogP contribution in [-0.2, 0) is 19.1 Å². The van der Waals surface area contributed by atoms with Crippen LogP contribution in [0.2, 0.25) is 0 Å². The third-order valence-corrected chi connectivity index (χ3v) is 5.83. The van der Waals surface area contributed by atoms with E-state index < -0.39 is 23.3 Å². The van der Waals surface area contributed by atoms with Crippen LogP contribution in [0, 0.1) is 11.8 Å². The molecule has 0 aliphatic carbocycles. The van der Waals surface area contributed by atoms with Gasteiger partial charge in [-0.25, -0.2) is 4.79 Å². The van der Waals surface area contributed by atoms with Crippen molar-refractivity contribution in [1.29, 1.82) is 0 Å². The molecule has 3 aliphatic rings. The number of aliphatic imine (C=N–C) groups is 1. The summed E-state index contributed by atoms with van der Waals surface area (Å²) in [6.45, 7) is 5.09. The second kappa shape index (κ2) is 6.00. The molecule has 0 aromatic heterocycles. The average Bonchev–Trinajstić information content (AvgIpc) is 3.15. The van der Waals surface area contributed by atoms with Crippen LogP contribution in [-0.4, -0.2) is 84.3 Å². The van der Waals surface area contributed by atoms with E-state index in [0.717, 1.165) is 6.42 Å². The Bertz CT molecular complexity index is 649. The molecule has 3 heterocycles. The molecule has 0 aromatic rings. The summed E-state index contributed by atoms with van der Waals surface area (Å²) < 4.78 is 5.12. The first-order chi connectivity index (χ1) is 11.9.